The number of aliphatic hydroxyl groups is 1. The van der Waals surface area contributed by atoms with Crippen molar-refractivity contribution in [2.75, 3.05) is 23.2 Å². The quantitative estimate of drug-likeness (QED) is 0.804. The normalized spacial score (nSPS) is 20.0. The van der Waals surface area contributed by atoms with Gasteiger partial charge >= 0.3 is 0 Å². The van der Waals surface area contributed by atoms with Crippen LogP contribution in [0.4, 0.5) is 5.69 Å². The summed E-state index contributed by atoms with van der Waals surface area (Å²) in [7, 11) is -3.14. The van der Waals surface area contributed by atoms with Crippen molar-refractivity contribution in [3.63, 3.8) is 0 Å². The van der Waals surface area contributed by atoms with Gasteiger partial charge in [0.15, 0.2) is 0 Å². The average molecular weight is 326 g/mol. The van der Waals surface area contributed by atoms with Gasteiger partial charge in [0.2, 0.25) is 10.0 Å². The second-order valence-electron chi connectivity index (χ2n) is 5.84. The van der Waals surface area contributed by atoms with Gasteiger partial charge in [-0.05, 0) is 43.9 Å². The van der Waals surface area contributed by atoms with Crippen molar-refractivity contribution in [3.8, 4) is 0 Å². The highest BCUT2D eigenvalue weighted by atomic mass is 32.2. The Kier molecular flexibility index (Phi) is 5.83. The highest BCUT2D eigenvalue weighted by molar-refractivity contribution is 7.93. The number of hydrogen-bond acceptors (Lipinski definition) is 4. The van der Waals surface area contributed by atoms with E-state index in [4.69, 9.17) is 5.11 Å². The first-order chi connectivity index (χ1) is 10.5. The number of nitrogens with zero attached hydrogens (tertiary/aromatic N) is 1. The maximum Gasteiger partial charge on any atom is 0.235 e. The lowest BCUT2D eigenvalue weighted by Crippen LogP contribution is -2.32. The van der Waals surface area contributed by atoms with Crippen molar-refractivity contribution in [1.29, 1.82) is 0 Å². The Labute approximate surface area is 133 Å². The summed E-state index contributed by atoms with van der Waals surface area (Å²) in [4.78, 5) is 0. The third-order valence-corrected chi connectivity index (χ3v) is 6.08. The molecule has 22 heavy (non-hydrogen) atoms. The van der Waals surface area contributed by atoms with Gasteiger partial charge in [-0.15, -0.1) is 0 Å². The highest BCUT2D eigenvalue weighted by Gasteiger charge is 2.28. The second-order valence-corrected chi connectivity index (χ2v) is 7.86. The third-order valence-electron chi connectivity index (χ3n) is 4.21. The molecule has 1 aromatic rings. The smallest absolute Gasteiger partial charge is 0.235 e. The van der Waals surface area contributed by atoms with Gasteiger partial charge in [-0.1, -0.05) is 19.1 Å². The molecule has 2 N–H and O–H groups in total. The van der Waals surface area contributed by atoms with Gasteiger partial charge in [-0.25, -0.2) is 8.42 Å². The van der Waals surface area contributed by atoms with Crippen LogP contribution in [0.25, 0.3) is 0 Å². The average Bonchev–Trinajstić information content (AvgIpc) is 2.86. The fourth-order valence-electron chi connectivity index (χ4n) is 2.89. The standard InChI is InChI=1S/C16H26N2O3S/c1-3-15(8-10-19)17-13(2)14-6-4-7-16(12-14)18-9-5-11-22(18,20)21/h4,6-7,12-13,15,17,19H,3,5,8-11H2,1-2H3. The van der Waals surface area contributed by atoms with E-state index in [1.807, 2.05) is 24.3 Å². The molecule has 2 atom stereocenters. The Hall–Kier alpha value is -1.11. The van der Waals surface area contributed by atoms with E-state index in [1.165, 1.54) is 4.31 Å². The minimum absolute atomic E-state index is 0.113. The summed E-state index contributed by atoms with van der Waals surface area (Å²) < 4.78 is 25.6. The van der Waals surface area contributed by atoms with Crippen LogP contribution in [0.1, 0.15) is 44.7 Å². The Bertz CT molecular complexity index is 589. The van der Waals surface area contributed by atoms with Crippen LogP contribution in [-0.2, 0) is 10.0 Å². The molecule has 1 aliphatic rings. The van der Waals surface area contributed by atoms with Gasteiger partial charge in [-0.3, -0.25) is 4.31 Å². The molecule has 2 unspecified atom stereocenters. The lowest BCUT2D eigenvalue weighted by Gasteiger charge is -2.24. The molecular weight excluding hydrogens is 300 g/mol. The van der Waals surface area contributed by atoms with Gasteiger partial charge in [0.05, 0.1) is 11.4 Å². The molecule has 2 rings (SSSR count). The van der Waals surface area contributed by atoms with Gasteiger partial charge in [0.1, 0.15) is 0 Å². The molecule has 1 saturated heterocycles. The monoisotopic (exact) mass is 326 g/mol. The van der Waals surface area contributed by atoms with E-state index in [-0.39, 0.29) is 24.4 Å². The molecule has 1 fully saturated rings. The highest BCUT2D eigenvalue weighted by Crippen LogP contribution is 2.27. The van der Waals surface area contributed by atoms with E-state index in [2.05, 4.69) is 19.2 Å². The first-order valence-corrected chi connectivity index (χ1v) is 9.56. The summed E-state index contributed by atoms with van der Waals surface area (Å²) in [5.41, 5.74) is 1.81. The number of nitrogens with one attached hydrogen (secondary N) is 1. The topological polar surface area (TPSA) is 69.6 Å². The van der Waals surface area contributed by atoms with Gasteiger partial charge in [0.25, 0.3) is 0 Å². The second kappa shape index (κ2) is 7.44. The molecule has 0 aliphatic carbocycles. The summed E-state index contributed by atoms with van der Waals surface area (Å²) >= 11 is 0. The van der Waals surface area contributed by atoms with Crippen molar-refractivity contribution in [2.45, 2.75) is 45.2 Å². The number of aliphatic hydroxyl groups excluding tert-OH is 1. The molecule has 1 aromatic carbocycles. The van der Waals surface area contributed by atoms with E-state index in [0.29, 0.717) is 13.0 Å². The fraction of sp³-hybridized carbons (Fsp3) is 0.625. The summed E-state index contributed by atoms with van der Waals surface area (Å²) in [6.45, 7) is 4.89. The van der Waals surface area contributed by atoms with Crippen LogP contribution in [0.3, 0.4) is 0 Å². The molecule has 0 saturated carbocycles. The van der Waals surface area contributed by atoms with E-state index in [0.717, 1.165) is 24.1 Å². The number of hydrogen-bond donors (Lipinski definition) is 2. The van der Waals surface area contributed by atoms with Crippen LogP contribution in [0.5, 0.6) is 0 Å². The van der Waals surface area contributed by atoms with Crippen LogP contribution in [0, 0.1) is 0 Å². The molecule has 0 spiro atoms. The Morgan fingerprint density at radius 3 is 2.77 bits per heavy atom. The maximum atomic E-state index is 12.0. The summed E-state index contributed by atoms with van der Waals surface area (Å²) in [5, 5.41) is 12.6. The van der Waals surface area contributed by atoms with Crippen molar-refractivity contribution in [3.05, 3.63) is 29.8 Å². The molecule has 1 heterocycles. The molecular formula is C16H26N2O3S. The summed E-state index contributed by atoms with van der Waals surface area (Å²) in [6, 6.07) is 8.09. The van der Waals surface area contributed by atoms with Crippen molar-refractivity contribution in [1.82, 2.24) is 5.32 Å². The molecule has 0 aromatic heterocycles. The van der Waals surface area contributed by atoms with Crippen LogP contribution >= 0.6 is 0 Å². The van der Waals surface area contributed by atoms with E-state index in [9.17, 15) is 8.42 Å². The molecule has 0 bridgehead atoms. The number of benzene rings is 1. The van der Waals surface area contributed by atoms with Crippen LogP contribution in [-0.4, -0.2) is 38.5 Å². The third kappa shape index (κ3) is 4.00. The molecule has 5 nitrogen and oxygen atoms in total. The summed E-state index contributed by atoms with van der Waals surface area (Å²) in [6.07, 6.45) is 2.36. The molecule has 0 amide bonds. The zero-order valence-corrected chi connectivity index (χ0v) is 14.1. The van der Waals surface area contributed by atoms with E-state index < -0.39 is 10.0 Å². The predicted molar refractivity (Wildman–Crippen MR) is 89.5 cm³/mol. The van der Waals surface area contributed by atoms with E-state index >= 15 is 0 Å². The zero-order chi connectivity index (χ0) is 16.2. The van der Waals surface area contributed by atoms with Gasteiger partial charge in [0, 0.05) is 25.2 Å². The predicted octanol–water partition coefficient (Wildman–Crippen LogP) is 2.04. The Balaban J connectivity index is 2.14. The van der Waals surface area contributed by atoms with Gasteiger partial charge < -0.3 is 10.4 Å². The molecule has 6 heteroatoms. The number of sulfonamides is 1. The SMILES string of the molecule is CCC(CCO)NC(C)c1cccc(N2CCCS2(=O)=O)c1. The maximum absolute atomic E-state index is 12.0. The first kappa shape index (κ1) is 17.2. The Morgan fingerprint density at radius 1 is 1.41 bits per heavy atom. The lowest BCUT2D eigenvalue weighted by molar-refractivity contribution is 0.257. The molecule has 0 radical (unpaired) electrons. The van der Waals surface area contributed by atoms with Crippen LogP contribution in [0.2, 0.25) is 0 Å². The lowest BCUT2D eigenvalue weighted by atomic mass is 10.0. The fourth-order valence-corrected chi connectivity index (χ4v) is 4.45. The molecule has 1 aliphatic heterocycles. The first-order valence-electron chi connectivity index (χ1n) is 7.95. The Morgan fingerprint density at radius 2 is 2.18 bits per heavy atom. The van der Waals surface area contributed by atoms with Crippen LogP contribution < -0.4 is 9.62 Å². The van der Waals surface area contributed by atoms with Crippen molar-refractivity contribution < 1.29 is 13.5 Å². The summed E-state index contributed by atoms with van der Waals surface area (Å²) in [5.74, 6) is 0.236. The molecule has 124 valence electrons. The van der Waals surface area contributed by atoms with Gasteiger partial charge in [-0.2, -0.15) is 0 Å². The van der Waals surface area contributed by atoms with Crippen LogP contribution in [0.15, 0.2) is 24.3 Å². The minimum Gasteiger partial charge on any atom is -0.396 e. The minimum atomic E-state index is -3.14. The largest absolute Gasteiger partial charge is 0.396 e. The number of rotatable bonds is 7. The number of anilines is 1. The van der Waals surface area contributed by atoms with E-state index in [1.54, 1.807) is 0 Å². The zero-order valence-electron chi connectivity index (χ0n) is 13.3. The van der Waals surface area contributed by atoms with Crippen molar-refractivity contribution in [2.24, 2.45) is 0 Å². The van der Waals surface area contributed by atoms with Crippen molar-refractivity contribution >= 4 is 15.7 Å².